The highest BCUT2D eigenvalue weighted by Crippen LogP contribution is 2.10. The van der Waals surface area contributed by atoms with Crippen molar-refractivity contribution in [3.63, 3.8) is 0 Å². The van der Waals surface area contributed by atoms with Gasteiger partial charge in [0, 0.05) is 12.8 Å². The third kappa shape index (κ3) is 35.8. The fraction of sp³-hybridized carbons (Fsp3) is 0.786. The van der Waals surface area contributed by atoms with Gasteiger partial charge in [-0.2, -0.15) is 0 Å². The molecule has 4 heteroatoms. The van der Waals surface area contributed by atoms with E-state index in [9.17, 15) is 9.59 Å². The van der Waals surface area contributed by atoms with Crippen LogP contribution in [0.1, 0.15) is 142 Å². The second-order valence-electron chi connectivity index (χ2n) is 8.63. The number of carboxylic acid groups (broad SMARTS) is 2. The van der Waals surface area contributed by atoms with Gasteiger partial charge in [-0.3, -0.25) is 9.59 Å². The van der Waals surface area contributed by atoms with Crippen molar-refractivity contribution in [2.45, 2.75) is 142 Å². The molecule has 0 rings (SSSR count). The standard InChI is InChI=1S/2C14H26O2/c2*1-2-3-4-5-6-7-8-9-10-11-12-13-14(15)16/h2*4-5H,2-3,6-13H2,1H3,(H,15,16)/b2*5-4+. The molecule has 0 spiro atoms. The molecule has 0 atom stereocenters. The monoisotopic (exact) mass is 452 g/mol. The molecule has 0 aliphatic rings. The van der Waals surface area contributed by atoms with Gasteiger partial charge in [0.25, 0.3) is 0 Å². The lowest BCUT2D eigenvalue weighted by atomic mass is 10.1. The molecule has 0 bridgehead atoms. The van der Waals surface area contributed by atoms with Crippen molar-refractivity contribution in [3.8, 4) is 0 Å². The van der Waals surface area contributed by atoms with E-state index in [-0.39, 0.29) is 0 Å². The molecule has 4 nitrogen and oxygen atoms in total. The fourth-order valence-electron chi connectivity index (χ4n) is 3.30. The maximum atomic E-state index is 10.3. The SMILES string of the molecule is CCC/C=C/CCCCCCCCC(=O)O.CCC/C=C/CCCCCCCCC(=O)O. The number of hydrogen-bond acceptors (Lipinski definition) is 2. The molecule has 0 fully saturated rings. The molecule has 0 unspecified atom stereocenters. The molecule has 0 amide bonds. The van der Waals surface area contributed by atoms with Crippen LogP contribution >= 0.6 is 0 Å². The van der Waals surface area contributed by atoms with Crippen LogP contribution in [0.2, 0.25) is 0 Å². The Kier molecular flexibility index (Phi) is 30.0. The summed E-state index contributed by atoms with van der Waals surface area (Å²) in [6.45, 7) is 4.39. The van der Waals surface area contributed by atoms with Crippen LogP contribution in [-0.4, -0.2) is 22.2 Å². The average Bonchev–Trinajstić information content (AvgIpc) is 2.76. The Morgan fingerprint density at radius 2 is 0.750 bits per heavy atom. The molecule has 0 saturated carbocycles. The Balaban J connectivity index is 0. The van der Waals surface area contributed by atoms with E-state index in [1.165, 1.54) is 89.9 Å². The van der Waals surface area contributed by atoms with E-state index in [0.717, 1.165) is 25.7 Å². The number of unbranched alkanes of at least 4 members (excludes halogenated alkanes) is 14. The second kappa shape index (κ2) is 29.4. The minimum absolute atomic E-state index is 0.333. The molecule has 0 aliphatic carbocycles. The topological polar surface area (TPSA) is 74.6 Å². The lowest BCUT2D eigenvalue weighted by Crippen LogP contribution is -1.93. The largest absolute Gasteiger partial charge is 0.481 e. The maximum absolute atomic E-state index is 10.3. The van der Waals surface area contributed by atoms with E-state index in [2.05, 4.69) is 38.2 Å². The third-order valence-corrected chi connectivity index (χ3v) is 5.27. The van der Waals surface area contributed by atoms with E-state index >= 15 is 0 Å². The van der Waals surface area contributed by atoms with Gasteiger partial charge in [-0.15, -0.1) is 0 Å². The zero-order chi connectivity index (χ0) is 24.1. The molecular weight excluding hydrogens is 400 g/mol. The van der Waals surface area contributed by atoms with Gasteiger partial charge < -0.3 is 10.2 Å². The van der Waals surface area contributed by atoms with E-state index in [1.54, 1.807) is 0 Å². The van der Waals surface area contributed by atoms with Crippen LogP contribution in [0.4, 0.5) is 0 Å². The maximum Gasteiger partial charge on any atom is 0.303 e. The van der Waals surface area contributed by atoms with Crippen molar-refractivity contribution >= 4 is 11.9 Å². The Morgan fingerprint density at radius 1 is 0.469 bits per heavy atom. The van der Waals surface area contributed by atoms with Crippen molar-refractivity contribution < 1.29 is 19.8 Å². The number of aliphatic carboxylic acids is 2. The van der Waals surface area contributed by atoms with Crippen molar-refractivity contribution in [3.05, 3.63) is 24.3 Å². The van der Waals surface area contributed by atoms with E-state index < -0.39 is 11.9 Å². The molecule has 0 heterocycles. The Morgan fingerprint density at radius 3 is 1.06 bits per heavy atom. The van der Waals surface area contributed by atoms with Gasteiger partial charge in [0.1, 0.15) is 0 Å². The number of allylic oxidation sites excluding steroid dienone is 4. The quantitative estimate of drug-likeness (QED) is 0.127. The van der Waals surface area contributed by atoms with Crippen LogP contribution in [0, 0.1) is 0 Å². The summed E-state index contributed by atoms with van der Waals surface area (Å²) in [7, 11) is 0. The summed E-state index contributed by atoms with van der Waals surface area (Å²) in [5.41, 5.74) is 0. The van der Waals surface area contributed by atoms with E-state index in [1.807, 2.05) is 0 Å². The molecule has 0 aromatic heterocycles. The van der Waals surface area contributed by atoms with Crippen molar-refractivity contribution in [2.75, 3.05) is 0 Å². The zero-order valence-electron chi connectivity index (χ0n) is 21.2. The molecule has 0 aromatic carbocycles. The van der Waals surface area contributed by atoms with E-state index in [0.29, 0.717) is 12.8 Å². The predicted octanol–water partition coefficient (Wildman–Crippen LogP) is 9.10. The molecule has 32 heavy (non-hydrogen) atoms. The normalized spacial score (nSPS) is 11.1. The summed E-state index contributed by atoms with van der Waals surface area (Å²) in [4.78, 5) is 20.5. The number of rotatable bonds is 22. The van der Waals surface area contributed by atoms with Crippen LogP contribution in [0.25, 0.3) is 0 Å². The Hall–Kier alpha value is -1.58. The number of hydrogen-bond donors (Lipinski definition) is 2. The summed E-state index contributed by atoms with van der Waals surface area (Å²) in [5.74, 6) is -1.33. The molecule has 0 saturated heterocycles. The van der Waals surface area contributed by atoms with Gasteiger partial charge in [0.2, 0.25) is 0 Å². The van der Waals surface area contributed by atoms with Crippen LogP contribution in [0.3, 0.4) is 0 Å². The van der Waals surface area contributed by atoms with Gasteiger partial charge >= 0.3 is 11.9 Å². The highest BCUT2D eigenvalue weighted by molar-refractivity contribution is 5.66. The second-order valence-corrected chi connectivity index (χ2v) is 8.63. The van der Waals surface area contributed by atoms with Gasteiger partial charge in [-0.25, -0.2) is 0 Å². The summed E-state index contributed by atoms with van der Waals surface area (Å²) < 4.78 is 0. The van der Waals surface area contributed by atoms with Gasteiger partial charge in [-0.05, 0) is 51.4 Å². The van der Waals surface area contributed by atoms with E-state index in [4.69, 9.17) is 10.2 Å². The predicted molar refractivity (Wildman–Crippen MR) is 137 cm³/mol. The number of carbonyl (C=O) groups is 2. The molecule has 2 N–H and O–H groups in total. The van der Waals surface area contributed by atoms with Gasteiger partial charge in [-0.1, -0.05) is 102 Å². The first kappa shape index (κ1) is 32.6. The summed E-state index contributed by atoms with van der Waals surface area (Å²) in [6.07, 6.45) is 30.9. The highest BCUT2D eigenvalue weighted by Gasteiger charge is 1.97. The number of carboxylic acids is 2. The molecule has 188 valence electrons. The first-order valence-corrected chi connectivity index (χ1v) is 13.3. The van der Waals surface area contributed by atoms with Crippen molar-refractivity contribution in [1.82, 2.24) is 0 Å². The Bertz CT molecular complexity index is 412. The molecule has 0 aliphatic heterocycles. The molecular formula is C28H52O4. The van der Waals surface area contributed by atoms with Crippen molar-refractivity contribution in [2.24, 2.45) is 0 Å². The lowest BCUT2D eigenvalue weighted by Gasteiger charge is -1.99. The smallest absolute Gasteiger partial charge is 0.303 e. The lowest BCUT2D eigenvalue weighted by molar-refractivity contribution is -0.138. The van der Waals surface area contributed by atoms with Crippen LogP contribution < -0.4 is 0 Å². The highest BCUT2D eigenvalue weighted by atomic mass is 16.4. The minimum atomic E-state index is -0.666. The van der Waals surface area contributed by atoms with Crippen LogP contribution in [0.15, 0.2) is 24.3 Å². The molecule has 0 aromatic rings. The Labute approximate surface area is 198 Å². The summed E-state index contributed by atoms with van der Waals surface area (Å²) in [5, 5.41) is 16.9. The average molecular weight is 453 g/mol. The zero-order valence-corrected chi connectivity index (χ0v) is 21.2. The van der Waals surface area contributed by atoms with Gasteiger partial charge in [0.15, 0.2) is 0 Å². The summed E-state index contributed by atoms with van der Waals surface area (Å²) >= 11 is 0. The van der Waals surface area contributed by atoms with Crippen LogP contribution in [-0.2, 0) is 9.59 Å². The molecule has 0 radical (unpaired) electrons. The third-order valence-electron chi connectivity index (χ3n) is 5.27. The first-order chi connectivity index (χ1) is 15.5. The van der Waals surface area contributed by atoms with Crippen molar-refractivity contribution in [1.29, 1.82) is 0 Å². The van der Waals surface area contributed by atoms with Gasteiger partial charge in [0.05, 0.1) is 0 Å². The van der Waals surface area contributed by atoms with Crippen LogP contribution in [0.5, 0.6) is 0 Å². The first-order valence-electron chi connectivity index (χ1n) is 13.3. The minimum Gasteiger partial charge on any atom is -0.481 e. The fourth-order valence-corrected chi connectivity index (χ4v) is 3.30. The summed E-state index contributed by atoms with van der Waals surface area (Å²) in [6, 6.07) is 0.